The monoisotopic (exact) mass is 542 g/mol. The third-order valence-corrected chi connectivity index (χ3v) is 7.26. The molecule has 3 heterocycles. The Morgan fingerprint density at radius 2 is 1.75 bits per heavy atom. The van der Waals surface area contributed by atoms with Crippen LogP contribution in [0.15, 0.2) is 54.9 Å². The number of carboxylic acid groups (broad SMARTS) is 1. The Labute approximate surface area is 230 Å². The second-order valence-electron chi connectivity index (χ2n) is 9.91. The van der Waals surface area contributed by atoms with Gasteiger partial charge in [0.15, 0.2) is 0 Å². The number of pyridine rings is 1. The van der Waals surface area contributed by atoms with Gasteiger partial charge >= 0.3 is 5.97 Å². The number of aliphatic carboxylic acids is 1. The number of rotatable bonds is 8. The molecule has 0 saturated carbocycles. The maximum Gasteiger partial charge on any atom is 0.322 e. The van der Waals surface area contributed by atoms with Crippen LogP contribution in [0.3, 0.4) is 0 Å². The van der Waals surface area contributed by atoms with Crippen molar-refractivity contribution in [2.24, 2.45) is 0 Å². The van der Waals surface area contributed by atoms with Crippen LogP contribution in [-0.2, 0) is 25.7 Å². The minimum atomic E-state index is -1.16. The van der Waals surface area contributed by atoms with Crippen LogP contribution in [0.4, 0.5) is 0 Å². The number of hydrogen-bond acceptors (Lipinski definition) is 6. The van der Waals surface area contributed by atoms with Crippen molar-refractivity contribution in [3.8, 4) is 11.1 Å². The Balaban J connectivity index is 1.48. The number of fused-ring (bicyclic) bond motifs is 2. The molecular formula is C29H30N6O5. The number of hydrogen-bond donors (Lipinski definition) is 3. The normalized spacial score (nSPS) is 13.9. The average Bonchev–Trinajstić information content (AvgIpc) is 3.33. The summed E-state index contributed by atoms with van der Waals surface area (Å²) in [7, 11) is 0. The summed E-state index contributed by atoms with van der Waals surface area (Å²) in [5.41, 5.74) is 3.70. The first kappa shape index (κ1) is 26.8. The number of likely N-dealkylation sites (tertiary alicyclic amines) is 1. The van der Waals surface area contributed by atoms with E-state index in [1.165, 1.54) is 0 Å². The van der Waals surface area contributed by atoms with Gasteiger partial charge in [-0.1, -0.05) is 24.3 Å². The number of nitrogens with zero attached hydrogens (tertiary/aromatic N) is 4. The smallest absolute Gasteiger partial charge is 0.322 e. The van der Waals surface area contributed by atoms with E-state index in [1.807, 2.05) is 35.4 Å². The predicted molar refractivity (Wildman–Crippen MR) is 148 cm³/mol. The van der Waals surface area contributed by atoms with Crippen molar-refractivity contribution >= 4 is 45.4 Å². The fourth-order valence-electron chi connectivity index (χ4n) is 5.23. The molecule has 5 rings (SSSR count). The zero-order valence-corrected chi connectivity index (χ0v) is 22.1. The van der Waals surface area contributed by atoms with Crippen molar-refractivity contribution < 1.29 is 24.3 Å². The van der Waals surface area contributed by atoms with Crippen LogP contribution < -0.4 is 10.6 Å². The Morgan fingerprint density at radius 1 is 0.975 bits per heavy atom. The summed E-state index contributed by atoms with van der Waals surface area (Å²) in [4.78, 5) is 53.2. The number of amides is 3. The molecule has 0 spiro atoms. The van der Waals surface area contributed by atoms with Crippen LogP contribution in [0.5, 0.6) is 0 Å². The molecule has 1 saturated heterocycles. The van der Waals surface area contributed by atoms with Gasteiger partial charge in [-0.15, -0.1) is 0 Å². The molecule has 1 aliphatic heterocycles. The first-order valence-electron chi connectivity index (χ1n) is 13.1. The van der Waals surface area contributed by atoms with Crippen molar-refractivity contribution in [3.63, 3.8) is 0 Å². The molecule has 3 N–H and O–H groups in total. The lowest BCUT2D eigenvalue weighted by Crippen LogP contribution is -2.40. The molecule has 206 valence electrons. The molecule has 1 aliphatic rings. The van der Waals surface area contributed by atoms with Gasteiger partial charge in [0.25, 0.3) is 0 Å². The largest absolute Gasteiger partial charge is 0.480 e. The lowest BCUT2D eigenvalue weighted by atomic mass is 9.89. The Morgan fingerprint density at radius 3 is 2.50 bits per heavy atom. The van der Waals surface area contributed by atoms with E-state index in [1.54, 1.807) is 17.8 Å². The van der Waals surface area contributed by atoms with E-state index in [9.17, 15) is 19.2 Å². The number of carbonyl (C=O) groups excluding carboxylic acids is 3. The summed E-state index contributed by atoms with van der Waals surface area (Å²) in [5.74, 6) is -2.01. The SMILES string of the molecule is CC(=O)N1CCC(c2nn(CC(=O)NCC(=O)NCC(=O)O)c3cccc(-c4ccc5cnccc5c4)c23)CC1. The van der Waals surface area contributed by atoms with Gasteiger partial charge in [0, 0.05) is 49.1 Å². The van der Waals surface area contributed by atoms with Crippen LogP contribution >= 0.6 is 0 Å². The highest BCUT2D eigenvalue weighted by molar-refractivity contribution is 6.00. The zero-order chi connectivity index (χ0) is 28.2. The average molecular weight is 543 g/mol. The topological polar surface area (TPSA) is 147 Å². The van der Waals surface area contributed by atoms with E-state index in [4.69, 9.17) is 10.2 Å². The van der Waals surface area contributed by atoms with Crippen LogP contribution in [-0.4, -0.2) is 74.6 Å². The summed E-state index contributed by atoms with van der Waals surface area (Å²) < 4.78 is 1.65. The van der Waals surface area contributed by atoms with Crippen LogP contribution in [0.25, 0.3) is 32.8 Å². The number of nitrogens with one attached hydrogen (secondary N) is 2. The van der Waals surface area contributed by atoms with Crippen molar-refractivity contribution in [2.75, 3.05) is 26.2 Å². The maximum absolute atomic E-state index is 12.8. The molecule has 40 heavy (non-hydrogen) atoms. The number of aromatic nitrogens is 3. The maximum atomic E-state index is 12.8. The highest BCUT2D eigenvalue weighted by Gasteiger charge is 2.28. The molecule has 0 aliphatic carbocycles. The molecule has 11 heteroatoms. The van der Waals surface area contributed by atoms with Gasteiger partial charge in [-0.2, -0.15) is 5.10 Å². The van der Waals surface area contributed by atoms with E-state index < -0.39 is 24.3 Å². The van der Waals surface area contributed by atoms with E-state index in [-0.39, 0.29) is 24.9 Å². The lowest BCUT2D eigenvalue weighted by Gasteiger charge is -2.30. The summed E-state index contributed by atoms with van der Waals surface area (Å²) >= 11 is 0. The third-order valence-electron chi connectivity index (χ3n) is 7.26. The highest BCUT2D eigenvalue weighted by Crippen LogP contribution is 2.38. The highest BCUT2D eigenvalue weighted by atomic mass is 16.4. The number of piperidine rings is 1. The lowest BCUT2D eigenvalue weighted by molar-refractivity contribution is -0.137. The zero-order valence-electron chi connectivity index (χ0n) is 22.1. The summed E-state index contributed by atoms with van der Waals surface area (Å²) in [6, 6.07) is 14.1. The fraction of sp³-hybridized carbons (Fsp3) is 0.310. The second kappa shape index (κ2) is 11.5. The summed E-state index contributed by atoms with van der Waals surface area (Å²) in [6.07, 6.45) is 5.12. The minimum Gasteiger partial charge on any atom is -0.480 e. The molecule has 2 aromatic carbocycles. The first-order chi connectivity index (χ1) is 19.3. The Bertz CT molecular complexity index is 1610. The van der Waals surface area contributed by atoms with Crippen LogP contribution in [0.2, 0.25) is 0 Å². The Hall–Kier alpha value is -4.80. The fourth-order valence-corrected chi connectivity index (χ4v) is 5.23. The van der Waals surface area contributed by atoms with Crippen LogP contribution in [0.1, 0.15) is 31.4 Å². The molecular weight excluding hydrogens is 512 g/mol. The van der Waals surface area contributed by atoms with Gasteiger partial charge in [0.05, 0.1) is 17.8 Å². The van der Waals surface area contributed by atoms with Crippen LogP contribution in [0, 0.1) is 0 Å². The van der Waals surface area contributed by atoms with Gasteiger partial charge < -0.3 is 20.6 Å². The molecule has 0 radical (unpaired) electrons. The molecule has 1 fully saturated rings. The first-order valence-corrected chi connectivity index (χ1v) is 13.1. The van der Waals surface area contributed by atoms with Crippen molar-refractivity contribution in [1.29, 1.82) is 0 Å². The van der Waals surface area contributed by atoms with Gasteiger partial charge in [0.2, 0.25) is 17.7 Å². The molecule has 2 aromatic heterocycles. The summed E-state index contributed by atoms with van der Waals surface area (Å²) in [6.45, 7) is 1.91. The molecule has 4 aromatic rings. The van der Waals surface area contributed by atoms with Crippen molar-refractivity contribution in [3.05, 3.63) is 60.6 Å². The van der Waals surface area contributed by atoms with E-state index in [0.717, 1.165) is 51.3 Å². The van der Waals surface area contributed by atoms with Gasteiger partial charge in [0.1, 0.15) is 13.1 Å². The molecule has 0 atom stereocenters. The Kier molecular flexibility index (Phi) is 7.72. The number of carbonyl (C=O) groups is 4. The van der Waals surface area contributed by atoms with Crippen molar-refractivity contribution in [2.45, 2.75) is 32.2 Å². The van der Waals surface area contributed by atoms with Gasteiger partial charge in [-0.3, -0.25) is 28.8 Å². The number of carboxylic acids is 1. The predicted octanol–water partition coefficient (Wildman–Crippen LogP) is 2.29. The minimum absolute atomic E-state index is 0.0595. The molecule has 0 bridgehead atoms. The standard InChI is InChI=1S/C29H30N6O5/c1-18(36)34-11-8-19(9-12-34)29-28-23(21-5-6-22-14-30-10-7-20(22)13-21)3-2-4-24(28)35(33-29)17-26(38)31-15-25(37)32-16-27(39)40/h2-7,10,13-14,19H,8-9,11-12,15-17H2,1H3,(H,31,38)(H,32,37)(H,39,40). The van der Waals surface area contributed by atoms with E-state index in [2.05, 4.69) is 33.8 Å². The molecule has 11 nitrogen and oxygen atoms in total. The van der Waals surface area contributed by atoms with E-state index >= 15 is 0 Å². The molecule has 0 unspecified atom stereocenters. The van der Waals surface area contributed by atoms with Crippen molar-refractivity contribution in [1.82, 2.24) is 30.3 Å². The molecule has 3 amide bonds. The quantitative estimate of drug-likeness (QED) is 0.310. The number of benzene rings is 2. The van der Waals surface area contributed by atoms with Gasteiger partial charge in [-0.25, -0.2) is 0 Å². The van der Waals surface area contributed by atoms with E-state index in [0.29, 0.717) is 13.1 Å². The van der Waals surface area contributed by atoms with Gasteiger partial charge in [-0.05, 0) is 47.6 Å². The summed E-state index contributed by atoms with van der Waals surface area (Å²) in [5, 5.41) is 21.5. The third kappa shape index (κ3) is 5.78. The second-order valence-corrected chi connectivity index (χ2v) is 9.91.